The van der Waals surface area contributed by atoms with Crippen molar-refractivity contribution in [3.8, 4) is 5.82 Å². The predicted molar refractivity (Wildman–Crippen MR) is 124 cm³/mol. The van der Waals surface area contributed by atoms with Gasteiger partial charge in [0.25, 0.3) is 5.91 Å². The smallest absolute Gasteiger partial charge is 0.359 e. The minimum absolute atomic E-state index is 0.0763. The molecule has 0 atom stereocenters. The van der Waals surface area contributed by atoms with Gasteiger partial charge in [-0.2, -0.15) is 5.10 Å². The fourth-order valence-corrected chi connectivity index (χ4v) is 4.45. The molecule has 0 aliphatic heterocycles. The van der Waals surface area contributed by atoms with E-state index >= 15 is 0 Å². The maximum absolute atomic E-state index is 12.8. The third-order valence-electron chi connectivity index (χ3n) is 4.71. The van der Waals surface area contributed by atoms with Gasteiger partial charge in [-0.1, -0.05) is 35.1 Å². The first-order valence-corrected chi connectivity index (χ1v) is 11.1. The Kier molecular flexibility index (Phi) is 6.20. The molecular formula is C22H20ClN5O3S. The number of nitrogens with zero attached hydrogens (tertiary/aromatic N) is 5. The SMILES string of the molecule is CCN(C(=O)COC(=O)c1nc(-n2nc(C)cc2C)ccc1Cl)c1nc2ccccc2s1. The monoisotopic (exact) mass is 469 g/mol. The van der Waals surface area contributed by atoms with E-state index in [1.165, 1.54) is 16.2 Å². The third-order valence-corrected chi connectivity index (χ3v) is 6.07. The van der Waals surface area contributed by atoms with Crippen LogP contribution in [0.5, 0.6) is 0 Å². The number of rotatable bonds is 6. The number of aryl methyl sites for hydroxylation is 2. The Balaban J connectivity index is 1.49. The molecule has 164 valence electrons. The van der Waals surface area contributed by atoms with Crippen LogP contribution in [-0.2, 0) is 9.53 Å². The Hall–Kier alpha value is -3.30. The molecule has 0 unspecified atom stereocenters. The van der Waals surface area contributed by atoms with E-state index in [1.807, 2.05) is 51.1 Å². The number of pyridine rings is 1. The Labute approximate surface area is 193 Å². The molecule has 0 saturated carbocycles. The molecule has 0 fully saturated rings. The van der Waals surface area contributed by atoms with Crippen molar-refractivity contribution in [2.75, 3.05) is 18.1 Å². The van der Waals surface area contributed by atoms with Crippen molar-refractivity contribution in [3.05, 3.63) is 64.6 Å². The molecule has 1 aromatic carbocycles. The standard InChI is InChI=1S/C22H20ClN5O3S/c1-4-27(22-24-16-7-5-6-8-17(16)32-22)19(29)12-31-21(30)20-15(23)9-10-18(25-20)28-14(3)11-13(2)26-28/h5-11H,4,12H2,1-3H3. The van der Waals surface area contributed by atoms with E-state index in [1.54, 1.807) is 16.8 Å². The number of fused-ring (bicyclic) bond motifs is 1. The Bertz CT molecular complexity index is 1280. The fraction of sp³-hybridized carbons (Fsp3) is 0.227. The lowest BCUT2D eigenvalue weighted by Crippen LogP contribution is -2.34. The van der Waals surface area contributed by atoms with Crippen molar-refractivity contribution >= 4 is 50.2 Å². The molecule has 32 heavy (non-hydrogen) atoms. The number of benzene rings is 1. The molecule has 0 radical (unpaired) electrons. The van der Waals surface area contributed by atoms with Gasteiger partial charge in [-0.15, -0.1) is 0 Å². The van der Waals surface area contributed by atoms with Crippen molar-refractivity contribution in [2.24, 2.45) is 0 Å². The van der Waals surface area contributed by atoms with E-state index < -0.39 is 12.6 Å². The predicted octanol–water partition coefficient (Wildman–Crippen LogP) is 4.36. The van der Waals surface area contributed by atoms with Crippen LogP contribution in [0.25, 0.3) is 16.0 Å². The van der Waals surface area contributed by atoms with Crippen LogP contribution in [0.1, 0.15) is 28.8 Å². The highest BCUT2D eigenvalue weighted by Crippen LogP contribution is 2.28. The van der Waals surface area contributed by atoms with E-state index in [9.17, 15) is 9.59 Å². The molecule has 8 nitrogen and oxygen atoms in total. The van der Waals surface area contributed by atoms with Crippen LogP contribution in [0.15, 0.2) is 42.5 Å². The van der Waals surface area contributed by atoms with Crippen molar-refractivity contribution in [1.29, 1.82) is 0 Å². The number of halogens is 1. The molecule has 1 amide bonds. The van der Waals surface area contributed by atoms with Gasteiger partial charge in [0.15, 0.2) is 23.3 Å². The number of esters is 1. The van der Waals surface area contributed by atoms with Crippen LogP contribution < -0.4 is 4.90 Å². The van der Waals surface area contributed by atoms with Crippen molar-refractivity contribution < 1.29 is 14.3 Å². The van der Waals surface area contributed by atoms with Crippen LogP contribution in [-0.4, -0.2) is 44.8 Å². The zero-order chi connectivity index (χ0) is 22.8. The quantitative estimate of drug-likeness (QED) is 0.390. The summed E-state index contributed by atoms with van der Waals surface area (Å²) < 4.78 is 7.83. The van der Waals surface area contributed by atoms with E-state index in [0.717, 1.165) is 21.6 Å². The van der Waals surface area contributed by atoms with Gasteiger partial charge >= 0.3 is 5.97 Å². The Morgan fingerprint density at radius 3 is 2.62 bits per heavy atom. The summed E-state index contributed by atoms with van der Waals surface area (Å²) in [7, 11) is 0. The fourth-order valence-electron chi connectivity index (χ4n) is 3.22. The van der Waals surface area contributed by atoms with Gasteiger partial charge < -0.3 is 4.74 Å². The van der Waals surface area contributed by atoms with Crippen LogP contribution in [0.3, 0.4) is 0 Å². The summed E-state index contributed by atoms with van der Waals surface area (Å²) in [6.07, 6.45) is 0. The largest absolute Gasteiger partial charge is 0.451 e. The Morgan fingerprint density at radius 1 is 1.16 bits per heavy atom. The van der Waals surface area contributed by atoms with E-state index in [-0.39, 0.29) is 16.6 Å². The van der Waals surface area contributed by atoms with Gasteiger partial charge in [0.05, 0.1) is 20.9 Å². The third kappa shape index (κ3) is 4.35. The lowest BCUT2D eigenvalue weighted by Gasteiger charge is -2.17. The van der Waals surface area contributed by atoms with Crippen molar-refractivity contribution in [1.82, 2.24) is 19.7 Å². The topological polar surface area (TPSA) is 90.2 Å². The van der Waals surface area contributed by atoms with Crippen LogP contribution in [0, 0.1) is 13.8 Å². The number of aromatic nitrogens is 4. The summed E-state index contributed by atoms with van der Waals surface area (Å²) in [5, 5.41) is 5.05. The number of thiazole rings is 1. The minimum atomic E-state index is -0.785. The first-order chi connectivity index (χ1) is 15.4. The number of hydrogen-bond donors (Lipinski definition) is 0. The molecule has 0 N–H and O–H groups in total. The molecule has 4 aromatic rings. The maximum atomic E-state index is 12.8. The number of likely N-dealkylation sites (N-methyl/N-ethyl adjacent to an activating group) is 1. The molecular weight excluding hydrogens is 450 g/mol. The van der Waals surface area contributed by atoms with Gasteiger partial charge in [-0.05, 0) is 51.1 Å². The number of hydrogen-bond acceptors (Lipinski definition) is 7. The zero-order valence-electron chi connectivity index (χ0n) is 17.7. The Morgan fingerprint density at radius 2 is 1.94 bits per heavy atom. The van der Waals surface area contributed by atoms with Gasteiger partial charge in [0.1, 0.15) is 0 Å². The van der Waals surface area contributed by atoms with E-state index in [2.05, 4.69) is 15.1 Å². The van der Waals surface area contributed by atoms with Gasteiger partial charge in [0, 0.05) is 12.2 Å². The zero-order valence-corrected chi connectivity index (χ0v) is 19.3. The molecule has 0 aliphatic rings. The second-order valence-corrected chi connectivity index (χ2v) is 8.43. The highest BCUT2D eigenvalue weighted by Gasteiger charge is 2.22. The second kappa shape index (κ2) is 9.05. The van der Waals surface area contributed by atoms with Gasteiger partial charge in [-0.25, -0.2) is 19.4 Å². The minimum Gasteiger partial charge on any atom is -0.451 e. The normalized spacial score (nSPS) is 11.0. The van der Waals surface area contributed by atoms with Crippen LogP contribution in [0.2, 0.25) is 5.02 Å². The van der Waals surface area contributed by atoms with E-state index in [4.69, 9.17) is 16.3 Å². The molecule has 10 heteroatoms. The number of carbonyl (C=O) groups is 2. The number of ether oxygens (including phenoxy) is 1. The number of carbonyl (C=O) groups excluding carboxylic acids is 2. The summed E-state index contributed by atoms with van der Waals surface area (Å²) in [6.45, 7) is 5.52. The number of amides is 1. The van der Waals surface area contributed by atoms with Crippen molar-refractivity contribution in [3.63, 3.8) is 0 Å². The lowest BCUT2D eigenvalue weighted by atomic mass is 10.3. The summed E-state index contributed by atoms with van der Waals surface area (Å²) in [4.78, 5) is 35.7. The summed E-state index contributed by atoms with van der Waals surface area (Å²) in [5.74, 6) is -0.735. The highest BCUT2D eigenvalue weighted by molar-refractivity contribution is 7.22. The molecule has 3 heterocycles. The van der Waals surface area contributed by atoms with Crippen molar-refractivity contribution in [2.45, 2.75) is 20.8 Å². The molecule has 3 aromatic heterocycles. The molecule has 0 aliphatic carbocycles. The first kappa shape index (κ1) is 21.9. The number of anilines is 1. The van der Waals surface area contributed by atoms with Crippen LogP contribution >= 0.6 is 22.9 Å². The lowest BCUT2D eigenvalue weighted by molar-refractivity contribution is -0.121. The molecule has 0 saturated heterocycles. The maximum Gasteiger partial charge on any atom is 0.359 e. The second-order valence-electron chi connectivity index (χ2n) is 7.02. The van der Waals surface area contributed by atoms with Gasteiger partial charge in [-0.3, -0.25) is 9.69 Å². The van der Waals surface area contributed by atoms with Crippen LogP contribution in [0.4, 0.5) is 5.13 Å². The highest BCUT2D eigenvalue weighted by atomic mass is 35.5. The van der Waals surface area contributed by atoms with E-state index in [0.29, 0.717) is 17.5 Å². The molecule has 0 spiro atoms. The summed E-state index contributed by atoms with van der Waals surface area (Å²) in [6, 6.07) is 12.8. The summed E-state index contributed by atoms with van der Waals surface area (Å²) in [5.41, 5.74) is 2.42. The average Bonchev–Trinajstić information content (AvgIpc) is 3.35. The first-order valence-electron chi connectivity index (χ1n) is 9.90. The van der Waals surface area contributed by atoms with Gasteiger partial charge in [0.2, 0.25) is 0 Å². The molecule has 4 rings (SSSR count). The summed E-state index contributed by atoms with van der Waals surface area (Å²) >= 11 is 7.58. The number of para-hydroxylation sites is 1. The average molecular weight is 470 g/mol. The molecule has 0 bridgehead atoms.